The highest BCUT2D eigenvalue weighted by Gasteiger charge is 2.32. The van der Waals surface area contributed by atoms with Crippen LogP contribution in [0, 0.1) is 5.92 Å². The van der Waals surface area contributed by atoms with E-state index in [1.807, 2.05) is 0 Å². The number of nitrogens with zero attached hydrogens (tertiary/aromatic N) is 1. The highest BCUT2D eigenvalue weighted by atomic mass is 16.3. The van der Waals surface area contributed by atoms with Crippen LogP contribution in [0.1, 0.15) is 6.42 Å². The Labute approximate surface area is 71.1 Å². The largest absolute Gasteiger partial charge is 0.392 e. The number of aliphatic hydroxyl groups is 2. The minimum atomic E-state index is -1.05. The summed E-state index contributed by atoms with van der Waals surface area (Å²) < 4.78 is 0. The molecule has 1 fully saturated rings. The zero-order valence-corrected chi connectivity index (χ0v) is 6.81. The molecule has 0 spiro atoms. The van der Waals surface area contributed by atoms with E-state index in [2.05, 4.69) is 6.58 Å². The average Bonchev–Trinajstić information content (AvgIpc) is 2.45. The van der Waals surface area contributed by atoms with Crippen molar-refractivity contribution in [3.63, 3.8) is 0 Å². The van der Waals surface area contributed by atoms with E-state index in [0.717, 1.165) is 0 Å². The van der Waals surface area contributed by atoms with Gasteiger partial charge in [0.15, 0.2) is 6.23 Å². The second kappa shape index (κ2) is 3.69. The van der Waals surface area contributed by atoms with Gasteiger partial charge in [-0.15, -0.1) is 6.58 Å². The first-order chi connectivity index (χ1) is 5.70. The first-order valence-corrected chi connectivity index (χ1v) is 3.92. The van der Waals surface area contributed by atoms with Crippen molar-refractivity contribution >= 4 is 5.91 Å². The van der Waals surface area contributed by atoms with Crippen molar-refractivity contribution in [2.24, 2.45) is 5.92 Å². The van der Waals surface area contributed by atoms with Gasteiger partial charge in [-0.3, -0.25) is 4.79 Å². The molecule has 0 radical (unpaired) electrons. The van der Waals surface area contributed by atoms with Crippen molar-refractivity contribution in [2.75, 3.05) is 13.2 Å². The molecule has 1 heterocycles. The number of carbonyl (C=O) groups excluding carboxylic acids is 1. The molecule has 4 nitrogen and oxygen atoms in total. The third-order valence-corrected chi connectivity index (χ3v) is 2.09. The molecule has 12 heavy (non-hydrogen) atoms. The van der Waals surface area contributed by atoms with Crippen LogP contribution in [-0.4, -0.2) is 40.4 Å². The molecule has 2 N–H and O–H groups in total. The molecule has 1 aliphatic rings. The zero-order chi connectivity index (χ0) is 9.14. The Bertz CT molecular complexity index is 193. The van der Waals surface area contributed by atoms with Crippen molar-refractivity contribution in [3.05, 3.63) is 12.7 Å². The van der Waals surface area contributed by atoms with E-state index >= 15 is 0 Å². The summed E-state index contributed by atoms with van der Waals surface area (Å²) in [5, 5.41) is 17.8. The Morgan fingerprint density at radius 2 is 2.50 bits per heavy atom. The molecule has 2 unspecified atom stereocenters. The molecule has 0 saturated carbocycles. The Morgan fingerprint density at radius 3 is 2.92 bits per heavy atom. The lowest BCUT2D eigenvalue weighted by atomic mass is 10.1. The SMILES string of the molecule is C=CC1CCN(C(O)CO)C1=O. The van der Waals surface area contributed by atoms with Crippen LogP contribution >= 0.6 is 0 Å². The van der Waals surface area contributed by atoms with Gasteiger partial charge in [0, 0.05) is 6.54 Å². The standard InChI is InChI=1S/C8H13NO3/c1-2-6-3-4-9(8(6)12)7(11)5-10/h2,6-7,10-11H,1,3-5H2. The normalized spacial score (nSPS) is 26.0. The number of carbonyl (C=O) groups is 1. The summed E-state index contributed by atoms with van der Waals surface area (Å²) in [5.74, 6) is -0.335. The maximum absolute atomic E-state index is 11.3. The number of hydrogen-bond donors (Lipinski definition) is 2. The van der Waals surface area contributed by atoms with Crippen LogP contribution in [0.2, 0.25) is 0 Å². The topological polar surface area (TPSA) is 60.8 Å². The average molecular weight is 171 g/mol. The monoisotopic (exact) mass is 171 g/mol. The fourth-order valence-electron chi connectivity index (χ4n) is 1.34. The van der Waals surface area contributed by atoms with Gasteiger partial charge in [-0.05, 0) is 6.42 Å². The molecule has 0 aromatic rings. The van der Waals surface area contributed by atoms with Crippen LogP contribution in [0.4, 0.5) is 0 Å². The molecular formula is C8H13NO3. The number of hydrogen-bond acceptors (Lipinski definition) is 3. The number of aliphatic hydroxyl groups excluding tert-OH is 2. The predicted octanol–water partition coefficient (Wildman–Crippen LogP) is -0.668. The van der Waals surface area contributed by atoms with Gasteiger partial charge in [0.05, 0.1) is 12.5 Å². The first-order valence-electron chi connectivity index (χ1n) is 3.92. The van der Waals surface area contributed by atoms with Crippen LogP contribution in [0.3, 0.4) is 0 Å². The second-order valence-corrected chi connectivity index (χ2v) is 2.83. The van der Waals surface area contributed by atoms with Crippen LogP contribution in [0.25, 0.3) is 0 Å². The third-order valence-electron chi connectivity index (χ3n) is 2.09. The van der Waals surface area contributed by atoms with Crippen LogP contribution in [-0.2, 0) is 4.79 Å². The lowest BCUT2D eigenvalue weighted by Crippen LogP contribution is -2.39. The quantitative estimate of drug-likeness (QED) is 0.554. The summed E-state index contributed by atoms with van der Waals surface area (Å²) in [4.78, 5) is 12.6. The molecule has 0 aliphatic carbocycles. The molecule has 1 saturated heterocycles. The van der Waals surface area contributed by atoms with Crippen molar-refractivity contribution in [3.8, 4) is 0 Å². The highest BCUT2D eigenvalue weighted by molar-refractivity contribution is 5.82. The minimum Gasteiger partial charge on any atom is -0.392 e. The van der Waals surface area contributed by atoms with E-state index in [1.165, 1.54) is 4.90 Å². The fraction of sp³-hybridized carbons (Fsp3) is 0.625. The Balaban J connectivity index is 2.60. The summed E-state index contributed by atoms with van der Waals surface area (Å²) in [6, 6.07) is 0. The molecule has 2 atom stereocenters. The van der Waals surface area contributed by atoms with Crippen molar-refractivity contribution < 1.29 is 15.0 Å². The summed E-state index contributed by atoms with van der Waals surface area (Å²) in [6.07, 6.45) is 1.20. The van der Waals surface area contributed by atoms with Gasteiger partial charge in [0.2, 0.25) is 5.91 Å². The third kappa shape index (κ3) is 1.49. The molecule has 1 amide bonds. The van der Waals surface area contributed by atoms with E-state index in [-0.39, 0.29) is 11.8 Å². The van der Waals surface area contributed by atoms with Gasteiger partial charge in [-0.1, -0.05) is 6.08 Å². The zero-order valence-electron chi connectivity index (χ0n) is 6.81. The summed E-state index contributed by atoms with van der Waals surface area (Å²) in [6.45, 7) is 3.61. The first kappa shape index (κ1) is 9.22. The molecule has 4 heteroatoms. The Kier molecular flexibility index (Phi) is 2.83. The van der Waals surface area contributed by atoms with E-state index < -0.39 is 12.8 Å². The Morgan fingerprint density at radius 1 is 1.83 bits per heavy atom. The molecular weight excluding hydrogens is 158 g/mol. The minimum absolute atomic E-state index is 0.147. The van der Waals surface area contributed by atoms with Gasteiger partial charge in [-0.25, -0.2) is 0 Å². The molecule has 1 aliphatic heterocycles. The Hall–Kier alpha value is -0.870. The molecule has 1 rings (SSSR count). The number of rotatable bonds is 3. The van der Waals surface area contributed by atoms with Crippen molar-refractivity contribution in [1.29, 1.82) is 0 Å². The van der Waals surface area contributed by atoms with Gasteiger partial charge in [-0.2, -0.15) is 0 Å². The second-order valence-electron chi connectivity index (χ2n) is 2.83. The summed E-state index contributed by atoms with van der Waals surface area (Å²) in [5.41, 5.74) is 0. The highest BCUT2D eigenvalue weighted by Crippen LogP contribution is 2.19. The maximum Gasteiger partial charge on any atom is 0.231 e. The summed E-state index contributed by atoms with van der Waals surface area (Å²) >= 11 is 0. The van der Waals surface area contributed by atoms with E-state index in [9.17, 15) is 4.79 Å². The molecule has 0 aromatic heterocycles. The van der Waals surface area contributed by atoms with Crippen molar-refractivity contribution in [1.82, 2.24) is 4.90 Å². The summed E-state index contributed by atoms with van der Waals surface area (Å²) in [7, 11) is 0. The lowest BCUT2D eigenvalue weighted by Gasteiger charge is -2.20. The maximum atomic E-state index is 11.3. The van der Waals surface area contributed by atoms with Crippen molar-refractivity contribution in [2.45, 2.75) is 12.6 Å². The fourth-order valence-corrected chi connectivity index (χ4v) is 1.34. The van der Waals surface area contributed by atoms with Gasteiger partial charge >= 0.3 is 0 Å². The van der Waals surface area contributed by atoms with Crippen LogP contribution in [0.15, 0.2) is 12.7 Å². The molecule has 68 valence electrons. The van der Waals surface area contributed by atoms with Crippen LogP contribution < -0.4 is 0 Å². The van der Waals surface area contributed by atoms with E-state index in [1.54, 1.807) is 6.08 Å². The smallest absolute Gasteiger partial charge is 0.231 e. The van der Waals surface area contributed by atoms with Crippen LogP contribution in [0.5, 0.6) is 0 Å². The lowest BCUT2D eigenvalue weighted by molar-refractivity contribution is -0.140. The van der Waals surface area contributed by atoms with Gasteiger partial charge < -0.3 is 15.1 Å². The molecule has 0 aromatic carbocycles. The van der Waals surface area contributed by atoms with Gasteiger partial charge in [0.1, 0.15) is 0 Å². The molecule has 0 bridgehead atoms. The number of likely N-dealkylation sites (tertiary alicyclic amines) is 1. The van der Waals surface area contributed by atoms with E-state index in [4.69, 9.17) is 10.2 Å². The van der Waals surface area contributed by atoms with E-state index in [0.29, 0.717) is 13.0 Å². The predicted molar refractivity (Wildman–Crippen MR) is 43.1 cm³/mol. The number of amides is 1. The van der Waals surface area contributed by atoms with Gasteiger partial charge in [0.25, 0.3) is 0 Å².